The van der Waals surface area contributed by atoms with E-state index >= 15 is 0 Å². The molecular formula is C11H15N5O. The number of amides is 1. The average Bonchev–Trinajstić information content (AvgIpc) is 2.89. The summed E-state index contributed by atoms with van der Waals surface area (Å²) in [6.07, 6.45) is 5.61. The van der Waals surface area contributed by atoms with Crippen LogP contribution in [-0.4, -0.2) is 46.0 Å². The molecule has 1 aliphatic heterocycles. The van der Waals surface area contributed by atoms with Gasteiger partial charge in [-0.15, -0.1) is 0 Å². The summed E-state index contributed by atoms with van der Waals surface area (Å²) >= 11 is 0. The van der Waals surface area contributed by atoms with Crippen LogP contribution in [-0.2, 0) is 11.3 Å². The molecule has 0 spiro atoms. The maximum absolute atomic E-state index is 12.0. The fourth-order valence-electron chi connectivity index (χ4n) is 1.91. The van der Waals surface area contributed by atoms with Gasteiger partial charge in [0.1, 0.15) is 6.04 Å². The Bertz CT molecular complexity index is 408. The molecule has 0 saturated carbocycles. The smallest absolute Gasteiger partial charge is 0.225 e. The minimum absolute atomic E-state index is 0.0340. The van der Waals surface area contributed by atoms with Crippen LogP contribution >= 0.6 is 0 Å². The number of hydrogen-bond acceptors (Lipinski definition) is 4. The summed E-state index contributed by atoms with van der Waals surface area (Å²) in [6.45, 7) is 2.55. The van der Waals surface area contributed by atoms with Gasteiger partial charge in [0.2, 0.25) is 5.91 Å². The number of carbonyl (C=O) groups is 1. The second kappa shape index (κ2) is 5.46. The second-order valence-electron chi connectivity index (χ2n) is 3.99. The summed E-state index contributed by atoms with van der Waals surface area (Å²) in [5, 5.41) is 12.1. The topological polar surface area (TPSA) is 74.0 Å². The van der Waals surface area contributed by atoms with Gasteiger partial charge < -0.3 is 14.8 Å². The van der Waals surface area contributed by atoms with E-state index in [0.717, 1.165) is 6.54 Å². The number of aromatic nitrogens is 2. The Kier molecular flexibility index (Phi) is 3.73. The molecule has 1 aromatic rings. The van der Waals surface area contributed by atoms with E-state index in [-0.39, 0.29) is 11.9 Å². The highest BCUT2D eigenvalue weighted by Crippen LogP contribution is 2.05. The van der Waals surface area contributed by atoms with Crippen LogP contribution in [0.3, 0.4) is 0 Å². The van der Waals surface area contributed by atoms with E-state index in [4.69, 9.17) is 5.26 Å². The molecule has 90 valence electrons. The lowest BCUT2D eigenvalue weighted by molar-refractivity contribution is -0.133. The zero-order chi connectivity index (χ0) is 12.1. The molecule has 1 N–H and O–H groups in total. The van der Waals surface area contributed by atoms with E-state index in [2.05, 4.69) is 16.4 Å². The van der Waals surface area contributed by atoms with Crippen molar-refractivity contribution in [3.05, 3.63) is 18.7 Å². The molecule has 1 saturated heterocycles. The third kappa shape index (κ3) is 2.82. The number of hydrogen-bond donors (Lipinski definition) is 1. The van der Waals surface area contributed by atoms with Crippen molar-refractivity contribution in [3.63, 3.8) is 0 Å². The number of piperazine rings is 1. The van der Waals surface area contributed by atoms with E-state index in [9.17, 15) is 4.79 Å². The van der Waals surface area contributed by atoms with Crippen molar-refractivity contribution < 1.29 is 4.79 Å². The monoisotopic (exact) mass is 233 g/mol. The maximum Gasteiger partial charge on any atom is 0.225 e. The van der Waals surface area contributed by atoms with Gasteiger partial charge in [0.25, 0.3) is 0 Å². The first-order valence-electron chi connectivity index (χ1n) is 5.67. The molecule has 17 heavy (non-hydrogen) atoms. The van der Waals surface area contributed by atoms with E-state index in [1.165, 1.54) is 0 Å². The summed E-state index contributed by atoms with van der Waals surface area (Å²) in [7, 11) is 0. The van der Waals surface area contributed by atoms with Gasteiger partial charge >= 0.3 is 0 Å². The molecule has 1 aromatic heterocycles. The van der Waals surface area contributed by atoms with Crippen molar-refractivity contribution >= 4 is 5.91 Å². The van der Waals surface area contributed by atoms with Gasteiger partial charge in [0, 0.05) is 45.0 Å². The molecule has 2 heterocycles. The van der Waals surface area contributed by atoms with Gasteiger partial charge in [0.05, 0.1) is 12.4 Å². The zero-order valence-electron chi connectivity index (χ0n) is 9.54. The molecule has 6 nitrogen and oxygen atoms in total. The normalized spacial score (nSPS) is 19.9. The highest BCUT2D eigenvalue weighted by Gasteiger charge is 2.25. The van der Waals surface area contributed by atoms with Crippen molar-refractivity contribution in [2.45, 2.75) is 19.0 Å². The molecule has 0 aliphatic carbocycles. The molecule has 6 heteroatoms. The van der Waals surface area contributed by atoms with Gasteiger partial charge in [-0.1, -0.05) is 0 Å². The molecular weight excluding hydrogens is 218 g/mol. The number of carbonyl (C=O) groups excluding carboxylic acids is 1. The highest BCUT2D eigenvalue weighted by molar-refractivity contribution is 5.77. The number of aryl methyl sites for hydroxylation is 1. The Morgan fingerprint density at radius 3 is 3.24 bits per heavy atom. The first-order valence-corrected chi connectivity index (χ1v) is 5.67. The highest BCUT2D eigenvalue weighted by atomic mass is 16.2. The van der Waals surface area contributed by atoms with Gasteiger partial charge in [0.15, 0.2) is 0 Å². The lowest BCUT2D eigenvalue weighted by atomic mass is 10.2. The fourth-order valence-corrected chi connectivity index (χ4v) is 1.91. The predicted molar refractivity (Wildman–Crippen MR) is 60.8 cm³/mol. The Labute approximate surface area is 99.8 Å². The van der Waals surface area contributed by atoms with Crippen LogP contribution in [0.4, 0.5) is 0 Å². The third-order valence-electron chi connectivity index (χ3n) is 2.86. The number of rotatable bonds is 3. The van der Waals surface area contributed by atoms with E-state index < -0.39 is 0 Å². The second-order valence-corrected chi connectivity index (χ2v) is 3.99. The van der Waals surface area contributed by atoms with Crippen LogP contribution in [0.5, 0.6) is 0 Å². The van der Waals surface area contributed by atoms with Crippen molar-refractivity contribution in [2.75, 3.05) is 19.6 Å². The van der Waals surface area contributed by atoms with Crippen LogP contribution in [0.25, 0.3) is 0 Å². The largest absolute Gasteiger partial charge is 0.337 e. The summed E-state index contributed by atoms with van der Waals surface area (Å²) in [6, 6.07) is 1.82. The first kappa shape index (κ1) is 11.6. The summed E-state index contributed by atoms with van der Waals surface area (Å²) < 4.78 is 1.86. The van der Waals surface area contributed by atoms with E-state index in [0.29, 0.717) is 26.1 Å². The predicted octanol–water partition coefficient (Wildman–Crippen LogP) is -0.403. The Balaban J connectivity index is 1.88. The van der Waals surface area contributed by atoms with Gasteiger partial charge in [-0.2, -0.15) is 5.26 Å². The minimum atomic E-state index is -0.334. The van der Waals surface area contributed by atoms with E-state index in [1.54, 1.807) is 17.4 Å². The number of imidazole rings is 1. The summed E-state index contributed by atoms with van der Waals surface area (Å²) in [5.74, 6) is 0.0340. The van der Waals surface area contributed by atoms with Gasteiger partial charge in [-0.25, -0.2) is 4.98 Å². The van der Waals surface area contributed by atoms with Crippen molar-refractivity contribution in [3.8, 4) is 6.07 Å². The fraction of sp³-hybridized carbons (Fsp3) is 0.545. The van der Waals surface area contributed by atoms with Crippen LogP contribution in [0.1, 0.15) is 6.42 Å². The number of nitriles is 1. The number of nitrogens with one attached hydrogen (secondary N) is 1. The molecule has 0 bridgehead atoms. The molecule has 1 amide bonds. The molecule has 2 rings (SSSR count). The molecule has 1 fully saturated rings. The standard InChI is InChI=1S/C11H15N5O/c12-7-10-8-13-3-6-16(10)11(17)1-4-15-5-2-14-9-15/h2,5,9-10,13H,1,3-4,6,8H2. The Hall–Kier alpha value is -1.87. The van der Waals surface area contributed by atoms with E-state index in [1.807, 2.05) is 10.8 Å². The summed E-state index contributed by atoms with van der Waals surface area (Å²) in [4.78, 5) is 17.6. The van der Waals surface area contributed by atoms with Crippen molar-refractivity contribution in [1.29, 1.82) is 5.26 Å². The molecule has 0 aromatic carbocycles. The van der Waals surface area contributed by atoms with Gasteiger partial charge in [-0.05, 0) is 0 Å². The lowest BCUT2D eigenvalue weighted by Crippen LogP contribution is -2.53. The SMILES string of the molecule is N#CC1CNCCN1C(=O)CCn1ccnc1. The third-order valence-corrected chi connectivity index (χ3v) is 2.86. The summed E-state index contributed by atoms with van der Waals surface area (Å²) in [5.41, 5.74) is 0. The maximum atomic E-state index is 12.0. The lowest BCUT2D eigenvalue weighted by Gasteiger charge is -2.32. The van der Waals surface area contributed by atoms with Crippen LogP contribution in [0.15, 0.2) is 18.7 Å². The van der Waals surface area contributed by atoms with Crippen molar-refractivity contribution in [1.82, 2.24) is 19.8 Å². The molecule has 1 atom stereocenters. The zero-order valence-corrected chi connectivity index (χ0v) is 9.54. The van der Waals surface area contributed by atoms with Crippen LogP contribution in [0, 0.1) is 11.3 Å². The first-order chi connectivity index (χ1) is 8.31. The quantitative estimate of drug-likeness (QED) is 0.770. The Morgan fingerprint density at radius 2 is 2.53 bits per heavy atom. The molecule has 1 unspecified atom stereocenters. The van der Waals surface area contributed by atoms with Crippen LogP contribution < -0.4 is 5.32 Å². The Morgan fingerprint density at radius 1 is 1.65 bits per heavy atom. The van der Waals surface area contributed by atoms with Gasteiger partial charge in [-0.3, -0.25) is 4.79 Å². The average molecular weight is 233 g/mol. The molecule has 1 aliphatic rings. The van der Waals surface area contributed by atoms with Crippen molar-refractivity contribution in [2.24, 2.45) is 0 Å². The van der Waals surface area contributed by atoms with Crippen LogP contribution in [0.2, 0.25) is 0 Å². The molecule has 0 radical (unpaired) electrons. The number of nitrogens with zero attached hydrogens (tertiary/aromatic N) is 4. The minimum Gasteiger partial charge on any atom is -0.337 e.